The number of aromatic nitrogens is 12. The van der Waals surface area contributed by atoms with Crippen LogP contribution >= 0.6 is 47.8 Å². The molecule has 0 spiro atoms. The number of nitrogens with one attached hydrogen (secondary N) is 6. The standard InChI is InChI=1S/3C20H23BrN6O4S/c3*1-3-8-26-32(28,29)27-18-17(15-4-6-16(21)7-5-15)19(25-13-24-18)30-9-10-31-20-22-11-14(2)12-23-20/h3*4-7,11-13,26H,3,8-10H2,1-2H3,(H,24,25,27)/i4D,5D,6D,7D,8D2,9D2,11D,12D,13D;3D2,4D,5D,6D,7D,8D2,11D,12D,13D;4D,5D,6D,7D,9D2,11D,12D,13D. The van der Waals surface area contributed by atoms with Crippen LogP contribution in [0, 0.1) is 20.8 Å². The van der Waals surface area contributed by atoms with Crippen LogP contribution in [0.5, 0.6) is 35.7 Å². The molecule has 0 saturated carbocycles. The molecule has 0 saturated heterocycles. The summed E-state index contributed by atoms with van der Waals surface area (Å²) in [5, 5.41) is 0. The number of ether oxygens (including phenoxy) is 6. The highest BCUT2D eigenvalue weighted by Crippen LogP contribution is 2.38. The summed E-state index contributed by atoms with van der Waals surface area (Å²) in [6.45, 7) is -5.73. The summed E-state index contributed by atoms with van der Waals surface area (Å²) in [5.74, 6) is -4.64. The largest absolute Gasteiger partial charge is 0.473 e. The number of rotatable bonds is 33. The van der Waals surface area contributed by atoms with E-state index in [9.17, 15) is 25.3 Å². The van der Waals surface area contributed by atoms with Crippen LogP contribution in [0.2, 0.25) is 0 Å². The van der Waals surface area contributed by atoms with Crippen molar-refractivity contribution in [1.82, 2.24) is 74.0 Å². The second-order valence-electron chi connectivity index (χ2n) is 17.3. The van der Waals surface area contributed by atoms with Gasteiger partial charge < -0.3 is 28.4 Å². The first-order valence-corrected chi connectivity index (χ1v) is 33.4. The van der Waals surface area contributed by atoms with Crippen molar-refractivity contribution in [2.45, 2.75) is 60.8 Å². The topological polar surface area (TPSA) is 385 Å². The van der Waals surface area contributed by atoms with Crippen LogP contribution in [0.1, 0.15) is 99.2 Å². The summed E-state index contributed by atoms with van der Waals surface area (Å²) in [6, 6.07) is -8.93. The lowest BCUT2D eigenvalue weighted by Gasteiger charge is -2.15. The van der Waals surface area contributed by atoms with E-state index in [0.29, 0.717) is 6.42 Å². The molecule has 0 atom stereocenters. The minimum Gasteiger partial charge on any atom is -0.473 e. The van der Waals surface area contributed by atoms with Crippen molar-refractivity contribution in [3.05, 3.63) is 159 Å². The highest BCUT2D eigenvalue weighted by molar-refractivity contribution is 9.11. The van der Waals surface area contributed by atoms with Gasteiger partial charge in [-0.2, -0.15) is 39.4 Å². The van der Waals surface area contributed by atoms with Gasteiger partial charge in [0.05, 0.1) is 46.8 Å². The monoisotopic (exact) mass is 1600 g/mol. The molecular formula is C60H69Br3N18O12S3. The second-order valence-corrected chi connectivity index (χ2v) is 24.0. The van der Waals surface area contributed by atoms with Crippen molar-refractivity contribution in [3.63, 3.8) is 0 Å². The van der Waals surface area contributed by atoms with E-state index in [-0.39, 0.29) is 92.7 Å². The van der Waals surface area contributed by atoms with Gasteiger partial charge >= 0.3 is 18.0 Å². The van der Waals surface area contributed by atoms with E-state index in [4.69, 9.17) is 70.9 Å². The van der Waals surface area contributed by atoms with E-state index < -0.39 is 255 Å². The summed E-state index contributed by atoms with van der Waals surface area (Å²) in [5.41, 5.74) is -3.03. The van der Waals surface area contributed by atoms with Gasteiger partial charge in [0, 0.05) is 78.2 Å². The molecule has 510 valence electrons. The van der Waals surface area contributed by atoms with Crippen LogP contribution in [-0.4, -0.2) is 144 Å². The summed E-state index contributed by atoms with van der Waals surface area (Å²) in [6.07, 6.45) is -6.95. The minimum atomic E-state index is -5.01. The van der Waals surface area contributed by atoms with E-state index >= 15 is 0 Å². The summed E-state index contributed by atoms with van der Waals surface area (Å²) in [7, 11) is -14.2. The fraction of sp³-hybridized carbons (Fsp3) is 0.300. The van der Waals surface area contributed by atoms with E-state index in [1.807, 2.05) is 9.44 Å². The predicted octanol–water partition coefficient (Wildman–Crippen LogP) is 9.36. The molecule has 0 fully saturated rings. The molecular weight excluding hydrogens is 1500 g/mol. The number of hydrogen-bond acceptors (Lipinski definition) is 24. The van der Waals surface area contributed by atoms with Gasteiger partial charge in [-0.1, -0.05) is 105 Å². The van der Waals surface area contributed by atoms with Gasteiger partial charge in [0.1, 0.15) is 62.6 Å². The highest BCUT2D eigenvalue weighted by atomic mass is 79.9. The Morgan fingerprint density at radius 1 is 0.396 bits per heavy atom. The minimum absolute atomic E-state index is 0.0211. The molecule has 6 aromatic heterocycles. The molecule has 9 rings (SSSR count). The quantitative estimate of drug-likeness (QED) is 0.0208. The molecule has 9 aromatic rings. The van der Waals surface area contributed by atoms with Gasteiger partial charge in [0.25, 0.3) is 30.6 Å². The first-order chi connectivity index (χ1) is 58.3. The Labute approximate surface area is 625 Å². The number of benzene rings is 3. The van der Waals surface area contributed by atoms with Crippen molar-refractivity contribution in [1.29, 1.82) is 0 Å². The number of nitrogens with zero attached hydrogens (tertiary/aromatic N) is 12. The molecule has 0 aliphatic rings. The lowest BCUT2D eigenvalue weighted by atomic mass is 10.1. The van der Waals surface area contributed by atoms with Crippen LogP contribution in [0.3, 0.4) is 0 Å². The molecule has 0 aliphatic carbocycles. The van der Waals surface area contributed by atoms with Crippen molar-refractivity contribution in [3.8, 4) is 69.1 Å². The van der Waals surface area contributed by atoms with E-state index in [1.54, 1.807) is 11.6 Å². The van der Waals surface area contributed by atoms with Crippen molar-refractivity contribution >= 4 is 95.9 Å². The highest BCUT2D eigenvalue weighted by Gasteiger charge is 2.23. The molecule has 6 heterocycles. The first-order valence-electron chi connectivity index (χ1n) is 42.0. The third-order valence-electron chi connectivity index (χ3n) is 10.1. The summed E-state index contributed by atoms with van der Waals surface area (Å²) >= 11 is 8.88. The summed E-state index contributed by atoms with van der Waals surface area (Å²) in [4.78, 5) is 44.7. The average Bonchev–Trinajstić information content (AvgIpc) is 0.758. The molecule has 3 aromatic carbocycles. The SMILES string of the molecule is [2H]c1nc(NS(=O)(=O)NC([2H])([2H])C([2H])([2H])C)c(-c2c([2H])c([2H])c(Br)c([2H])c2[2H])c(OCCOc2nc([2H])c(C)c([2H])n2)n1.[2H]c1nc(NS(=O)(=O)NC([2H])([2H])CC)c(-c2c([2H])c([2H])c(Br)c([2H])c2[2H])c(OC([2H])([2H])COc2nc([2H])c(C)c([2H])n2)n1.[2H]c1nc(NS(=O)(=O)NCCC)c(-c2c([2H])c([2H])c(Br)c([2H])c2[2H])c(OC([2H])([2H])COc2nc([2H])c(C)c([2H])n2)n1. The maximum Gasteiger partial charge on any atom is 0.316 e. The molecule has 30 nitrogen and oxygen atoms in total. The number of halogens is 3. The van der Waals surface area contributed by atoms with Gasteiger partial charge in [-0.05, 0) is 110 Å². The average molecular weight is 1600 g/mol. The zero-order chi connectivity index (χ0) is 96.2. The van der Waals surface area contributed by atoms with Gasteiger partial charge in [-0.25, -0.2) is 59.8 Å². The van der Waals surface area contributed by atoms with Crippen LogP contribution in [0.25, 0.3) is 33.4 Å². The van der Waals surface area contributed by atoms with Gasteiger partial charge in [0.15, 0.2) is 17.5 Å². The number of anilines is 3. The van der Waals surface area contributed by atoms with Crippen molar-refractivity contribution in [2.24, 2.45) is 0 Å². The van der Waals surface area contributed by atoms with Gasteiger partial charge in [-0.3, -0.25) is 14.2 Å². The lowest BCUT2D eigenvalue weighted by molar-refractivity contribution is 0.202. The Hall–Kier alpha value is -8.49. The van der Waals surface area contributed by atoms with Crippen LogP contribution < -0.4 is 56.8 Å². The third-order valence-corrected chi connectivity index (χ3v) is 14.0. The zero-order valence-electron chi connectivity index (χ0n) is 81.1. The van der Waals surface area contributed by atoms with Crippen LogP contribution in [0.4, 0.5) is 17.5 Å². The lowest BCUT2D eigenvalue weighted by Crippen LogP contribution is -2.31. The smallest absolute Gasteiger partial charge is 0.316 e. The molecule has 0 bridgehead atoms. The van der Waals surface area contributed by atoms with E-state index in [1.165, 1.54) is 32.4 Å². The van der Waals surface area contributed by atoms with Crippen molar-refractivity contribution < 1.29 is 96.2 Å². The Kier molecular flexibility index (Phi) is 16.6. The molecule has 0 unspecified atom stereocenters. The molecule has 0 radical (unpaired) electrons. The molecule has 6 N–H and O–H groups in total. The normalized spacial score (nSPS) is 16.6. The summed E-state index contributed by atoms with van der Waals surface area (Å²) < 4.78 is 369. The molecule has 96 heavy (non-hydrogen) atoms. The molecule has 0 aliphatic heterocycles. The Morgan fingerprint density at radius 2 is 0.708 bits per heavy atom. The van der Waals surface area contributed by atoms with Gasteiger partial charge in [0.2, 0.25) is 17.6 Å². The third kappa shape index (κ3) is 24.9. The van der Waals surface area contributed by atoms with Crippen LogP contribution in [0.15, 0.2) is 142 Å². The van der Waals surface area contributed by atoms with Crippen LogP contribution in [-0.2, 0) is 30.6 Å². The Balaban J connectivity index is 0.000000261. The Morgan fingerprint density at radius 3 is 1.04 bits per heavy atom. The number of hydrogen-bond donors (Lipinski definition) is 6. The van der Waals surface area contributed by atoms with E-state index in [2.05, 4.69) is 117 Å². The molecule has 36 heteroatoms. The maximum absolute atomic E-state index is 12.9. The van der Waals surface area contributed by atoms with Gasteiger partial charge in [-0.15, -0.1) is 0 Å². The second kappa shape index (κ2) is 37.7. The van der Waals surface area contributed by atoms with Crippen molar-refractivity contribution in [2.75, 3.05) is 73.3 Å². The van der Waals surface area contributed by atoms with E-state index in [0.717, 1.165) is 6.92 Å². The maximum atomic E-state index is 12.9. The fourth-order valence-electron chi connectivity index (χ4n) is 6.20. The predicted molar refractivity (Wildman–Crippen MR) is 371 cm³/mol. The molecule has 0 amide bonds. The Bertz CT molecular complexity index is 5950. The zero-order valence-corrected chi connectivity index (χ0v) is 57.3. The first kappa shape index (κ1) is 42.2. The fourth-order valence-corrected chi connectivity index (χ4v) is 9.22.